The van der Waals surface area contributed by atoms with Gasteiger partial charge in [-0.3, -0.25) is 0 Å². The molecule has 0 aliphatic heterocycles. The Morgan fingerprint density at radius 3 is 2.36 bits per heavy atom. The third-order valence-electron chi connectivity index (χ3n) is 2.06. The van der Waals surface area contributed by atoms with Crippen LogP contribution in [0.2, 0.25) is 0 Å². The van der Waals surface area contributed by atoms with Crippen LogP contribution in [0, 0.1) is 0 Å². The maximum Gasteiger partial charge on any atom is 0.152 e. The number of benzene rings is 1. The summed E-state index contributed by atoms with van der Waals surface area (Å²) in [7, 11) is 3.27. The number of hydrogen-bond donors (Lipinski definition) is 1. The summed E-state index contributed by atoms with van der Waals surface area (Å²) in [5, 5.41) is 12.3. The summed E-state index contributed by atoms with van der Waals surface area (Å²) in [6, 6.07) is 6.25. The molecule has 0 radical (unpaired) electrons. The van der Waals surface area contributed by atoms with Gasteiger partial charge in [0.15, 0.2) is 6.04 Å². The number of carbonyl (C=O) groups is 1. The van der Waals surface area contributed by atoms with Gasteiger partial charge in [0, 0.05) is 5.56 Å². The fourth-order valence-electron chi connectivity index (χ4n) is 1.28. The predicted molar refractivity (Wildman–Crippen MR) is 48.6 cm³/mol. The van der Waals surface area contributed by atoms with Gasteiger partial charge in [0.1, 0.15) is 11.7 Å². The molecule has 0 aromatic heterocycles. The molecule has 0 unspecified atom stereocenters. The van der Waals surface area contributed by atoms with Gasteiger partial charge in [-0.05, 0) is 24.3 Å². The topological polar surface area (TPSA) is 66.0 Å². The summed E-state index contributed by atoms with van der Waals surface area (Å²) >= 11 is 0. The highest BCUT2D eigenvalue weighted by Gasteiger charge is 2.13. The van der Waals surface area contributed by atoms with E-state index in [0.29, 0.717) is 11.3 Å². The number of likely N-dealkylation sites (N-methyl/N-ethyl adjacent to an activating group) is 1. The van der Waals surface area contributed by atoms with Crippen LogP contribution in [-0.4, -0.2) is 20.1 Å². The molecule has 0 saturated carbocycles. The Balaban J connectivity index is 2.89. The Hall–Kier alpha value is -1.55. The number of nitrogens with two attached hydrogens (primary N) is 1. The van der Waals surface area contributed by atoms with Gasteiger partial charge >= 0.3 is 0 Å². The third kappa shape index (κ3) is 2.23. The van der Waals surface area contributed by atoms with Crippen molar-refractivity contribution in [2.75, 3.05) is 14.2 Å². The number of methoxy groups -OCH3 is 1. The van der Waals surface area contributed by atoms with E-state index in [2.05, 4.69) is 0 Å². The Bertz CT molecular complexity index is 308. The van der Waals surface area contributed by atoms with Gasteiger partial charge < -0.3 is 20.0 Å². The van der Waals surface area contributed by atoms with Crippen LogP contribution in [0.15, 0.2) is 24.3 Å². The minimum Gasteiger partial charge on any atom is -0.544 e. The van der Waals surface area contributed by atoms with Crippen LogP contribution in [0.4, 0.5) is 0 Å². The zero-order valence-electron chi connectivity index (χ0n) is 8.19. The summed E-state index contributed by atoms with van der Waals surface area (Å²) in [5.41, 5.74) is 0.702. The molecule has 0 aliphatic carbocycles. The molecular formula is C10H13NO3. The molecule has 0 spiro atoms. The molecule has 0 saturated heterocycles. The predicted octanol–water partition coefficient (Wildman–Crippen LogP) is -1.32. The zero-order chi connectivity index (χ0) is 10.6. The smallest absolute Gasteiger partial charge is 0.152 e. The van der Waals surface area contributed by atoms with Gasteiger partial charge in [0.05, 0.1) is 14.2 Å². The van der Waals surface area contributed by atoms with Crippen molar-refractivity contribution >= 4 is 5.97 Å². The maximum absolute atomic E-state index is 10.7. The van der Waals surface area contributed by atoms with Crippen molar-refractivity contribution in [1.29, 1.82) is 0 Å². The Labute approximate surface area is 82.5 Å². The summed E-state index contributed by atoms with van der Waals surface area (Å²) in [6.07, 6.45) is 0. The van der Waals surface area contributed by atoms with Gasteiger partial charge in [0.25, 0.3) is 0 Å². The molecule has 1 aromatic carbocycles. The number of carbonyl (C=O) groups excluding carboxylic acids is 1. The number of quaternary nitrogens is 1. The SMILES string of the molecule is C[NH2+][C@H](C(=O)[O-])c1ccc(OC)cc1. The minimum absolute atomic E-state index is 0.652. The minimum atomic E-state index is -1.09. The van der Waals surface area contributed by atoms with Crippen molar-refractivity contribution in [3.05, 3.63) is 29.8 Å². The highest BCUT2D eigenvalue weighted by molar-refractivity contribution is 5.71. The van der Waals surface area contributed by atoms with Crippen LogP contribution < -0.4 is 15.2 Å². The first-order valence-electron chi connectivity index (χ1n) is 4.33. The van der Waals surface area contributed by atoms with E-state index in [1.165, 1.54) is 0 Å². The van der Waals surface area contributed by atoms with Crippen LogP contribution in [0.3, 0.4) is 0 Å². The Kier molecular flexibility index (Phi) is 3.48. The van der Waals surface area contributed by atoms with Gasteiger partial charge in [-0.25, -0.2) is 0 Å². The molecule has 1 rings (SSSR count). The number of carboxylic acid groups (broad SMARTS) is 1. The first kappa shape index (κ1) is 10.5. The van der Waals surface area contributed by atoms with E-state index >= 15 is 0 Å². The number of rotatable bonds is 4. The van der Waals surface area contributed by atoms with E-state index in [1.807, 2.05) is 0 Å². The summed E-state index contributed by atoms with van der Waals surface area (Å²) < 4.78 is 4.97. The third-order valence-corrected chi connectivity index (χ3v) is 2.06. The lowest BCUT2D eigenvalue weighted by Crippen LogP contribution is -2.84. The van der Waals surface area contributed by atoms with Crippen molar-refractivity contribution in [2.45, 2.75) is 6.04 Å². The van der Waals surface area contributed by atoms with Gasteiger partial charge in [-0.15, -0.1) is 0 Å². The molecule has 4 heteroatoms. The molecule has 2 N–H and O–H groups in total. The summed E-state index contributed by atoms with van der Waals surface area (Å²) in [5.74, 6) is -0.375. The highest BCUT2D eigenvalue weighted by atomic mass is 16.5. The second-order valence-electron chi connectivity index (χ2n) is 2.90. The molecule has 4 nitrogen and oxygen atoms in total. The van der Waals surface area contributed by atoms with E-state index in [1.54, 1.807) is 43.7 Å². The monoisotopic (exact) mass is 195 g/mol. The fourth-order valence-corrected chi connectivity index (χ4v) is 1.28. The van der Waals surface area contributed by atoms with Crippen molar-refractivity contribution in [1.82, 2.24) is 0 Å². The molecule has 0 bridgehead atoms. The van der Waals surface area contributed by atoms with Crippen molar-refractivity contribution in [2.24, 2.45) is 0 Å². The number of hydrogen-bond acceptors (Lipinski definition) is 3. The molecule has 0 heterocycles. The van der Waals surface area contributed by atoms with Gasteiger partial charge in [0.2, 0.25) is 0 Å². The quantitative estimate of drug-likeness (QED) is 0.648. The molecule has 0 fully saturated rings. The van der Waals surface area contributed by atoms with E-state index in [9.17, 15) is 9.90 Å². The van der Waals surface area contributed by atoms with Gasteiger partial charge in [-0.2, -0.15) is 0 Å². The van der Waals surface area contributed by atoms with Crippen LogP contribution in [0.1, 0.15) is 11.6 Å². The standard InChI is InChI=1S/C10H13NO3/c1-11-9(10(12)13)7-3-5-8(14-2)6-4-7/h3-6,9,11H,1-2H3,(H,12,13)/t9-/m0/s1. The molecule has 0 aliphatic rings. The highest BCUT2D eigenvalue weighted by Crippen LogP contribution is 2.14. The molecule has 1 aromatic rings. The Morgan fingerprint density at radius 1 is 1.43 bits per heavy atom. The van der Waals surface area contributed by atoms with Gasteiger partial charge in [-0.1, -0.05) is 0 Å². The second kappa shape index (κ2) is 4.62. The largest absolute Gasteiger partial charge is 0.544 e. The van der Waals surface area contributed by atoms with Crippen LogP contribution in [0.25, 0.3) is 0 Å². The molecule has 1 atom stereocenters. The normalized spacial score (nSPS) is 12.1. The van der Waals surface area contributed by atoms with Crippen molar-refractivity contribution in [3.63, 3.8) is 0 Å². The van der Waals surface area contributed by atoms with E-state index in [4.69, 9.17) is 4.74 Å². The number of carboxylic acids is 1. The lowest BCUT2D eigenvalue weighted by molar-refractivity contribution is -0.664. The molecule has 0 amide bonds. The van der Waals surface area contributed by atoms with E-state index in [-0.39, 0.29) is 0 Å². The number of aliphatic carboxylic acids is 1. The summed E-state index contributed by atoms with van der Waals surface area (Å²) in [6.45, 7) is 0. The van der Waals surface area contributed by atoms with Crippen LogP contribution in [0.5, 0.6) is 5.75 Å². The van der Waals surface area contributed by atoms with Crippen molar-refractivity contribution in [3.8, 4) is 5.75 Å². The first-order valence-corrected chi connectivity index (χ1v) is 4.33. The van der Waals surface area contributed by atoms with E-state index < -0.39 is 12.0 Å². The van der Waals surface area contributed by atoms with Crippen LogP contribution in [-0.2, 0) is 4.79 Å². The lowest BCUT2D eigenvalue weighted by Gasteiger charge is -2.14. The fraction of sp³-hybridized carbons (Fsp3) is 0.300. The van der Waals surface area contributed by atoms with E-state index in [0.717, 1.165) is 0 Å². The van der Waals surface area contributed by atoms with Crippen molar-refractivity contribution < 1.29 is 20.0 Å². The second-order valence-corrected chi connectivity index (χ2v) is 2.90. The average molecular weight is 195 g/mol. The molecule has 14 heavy (non-hydrogen) atoms. The molecular weight excluding hydrogens is 182 g/mol. The summed E-state index contributed by atoms with van der Waals surface area (Å²) in [4.78, 5) is 10.7. The maximum atomic E-state index is 10.7. The van der Waals surface area contributed by atoms with Crippen LogP contribution >= 0.6 is 0 Å². The number of ether oxygens (including phenoxy) is 1. The lowest BCUT2D eigenvalue weighted by atomic mass is 10.1. The first-order chi connectivity index (χ1) is 6.69. The zero-order valence-corrected chi connectivity index (χ0v) is 8.19. The Morgan fingerprint density at radius 2 is 2.00 bits per heavy atom. The average Bonchev–Trinajstić information content (AvgIpc) is 2.19. The molecule has 76 valence electrons.